The van der Waals surface area contributed by atoms with Gasteiger partial charge in [0, 0.05) is 22.7 Å². The predicted molar refractivity (Wildman–Crippen MR) is 112 cm³/mol. The minimum atomic E-state index is -4.13. The van der Waals surface area contributed by atoms with Crippen LogP contribution in [0.15, 0.2) is 70.0 Å². The zero-order valence-electron chi connectivity index (χ0n) is 15.1. The van der Waals surface area contributed by atoms with Gasteiger partial charge in [0.25, 0.3) is 15.7 Å². The summed E-state index contributed by atoms with van der Waals surface area (Å²) in [4.78, 5) is 11.0. The number of benzene rings is 2. The van der Waals surface area contributed by atoms with Gasteiger partial charge in [0.2, 0.25) is 0 Å². The first-order valence-electron chi connectivity index (χ1n) is 8.17. The molecule has 2 aromatic carbocycles. The van der Waals surface area contributed by atoms with Crippen molar-refractivity contribution in [3.05, 3.63) is 75.0 Å². The number of hydrogen-bond acceptors (Lipinski definition) is 8. The van der Waals surface area contributed by atoms with Crippen molar-refractivity contribution in [1.29, 1.82) is 0 Å². The highest BCUT2D eigenvalue weighted by atomic mass is 32.2. The van der Waals surface area contributed by atoms with Crippen molar-refractivity contribution in [3.63, 3.8) is 0 Å². The zero-order valence-corrected chi connectivity index (χ0v) is 16.7. The Labute approximate surface area is 170 Å². The summed E-state index contributed by atoms with van der Waals surface area (Å²) in [6, 6.07) is 13.4. The Morgan fingerprint density at radius 3 is 2.55 bits per heavy atom. The maximum Gasteiger partial charge on any atom is 0.270 e. The number of thiophene rings is 1. The molecule has 1 heterocycles. The highest BCUT2D eigenvalue weighted by molar-refractivity contribution is 7.92. The number of methoxy groups -OCH3 is 1. The monoisotopic (exact) mass is 432 g/mol. The highest BCUT2D eigenvalue weighted by Gasteiger charge is 2.22. The summed E-state index contributed by atoms with van der Waals surface area (Å²) in [5.74, 6) is 0.563. The quantitative estimate of drug-likeness (QED) is 0.316. The minimum absolute atomic E-state index is 0.101. The van der Waals surface area contributed by atoms with Crippen LogP contribution in [0.2, 0.25) is 0 Å². The van der Waals surface area contributed by atoms with E-state index in [4.69, 9.17) is 4.74 Å². The van der Waals surface area contributed by atoms with Crippen molar-refractivity contribution in [2.75, 3.05) is 17.3 Å². The van der Waals surface area contributed by atoms with Crippen molar-refractivity contribution in [2.24, 2.45) is 5.10 Å². The number of hydrazone groups is 1. The molecule has 0 spiro atoms. The fourth-order valence-electron chi connectivity index (χ4n) is 2.34. The smallest absolute Gasteiger partial charge is 0.270 e. The van der Waals surface area contributed by atoms with Gasteiger partial charge in [0.15, 0.2) is 0 Å². The van der Waals surface area contributed by atoms with Gasteiger partial charge in [0.1, 0.15) is 10.6 Å². The van der Waals surface area contributed by atoms with Crippen molar-refractivity contribution in [1.82, 2.24) is 0 Å². The van der Waals surface area contributed by atoms with Crippen LogP contribution in [-0.2, 0) is 10.0 Å². The van der Waals surface area contributed by atoms with Gasteiger partial charge in [-0.25, -0.2) is 8.42 Å². The number of anilines is 2. The number of nitro groups is 1. The van der Waals surface area contributed by atoms with Crippen LogP contribution in [0.1, 0.15) is 4.88 Å². The first-order valence-corrected chi connectivity index (χ1v) is 10.5. The average Bonchev–Trinajstić information content (AvgIpc) is 3.22. The molecule has 9 nitrogen and oxygen atoms in total. The third-order valence-corrected chi connectivity index (χ3v) is 5.96. The summed E-state index contributed by atoms with van der Waals surface area (Å²) in [6.07, 6.45) is 1.53. The molecule has 0 saturated heterocycles. The van der Waals surface area contributed by atoms with Crippen LogP contribution in [0.4, 0.5) is 17.1 Å². The number of non-ortho nitro benzene ring substituents is 1. The molecular weight excluding hydrogens is 416 g/mol. The number of nitrogens with zero attached hydrogens (tertiary/aromatic N) is 2. The van der Waals surface area contributed by atoms with Gasteiger partial charge in [0.05, 0.1) is 23.9 Å². The molecule has 0 aliphatic heterocycles. The molecule has 0 bridgehead atoms. The van der Waals surface area contributed by atoms with Gasteiger partial charge >= 0.3 is 0 Å². The Kier molecular flexibility index (Phi) is 6.10. The van der Waals surface area contributed by atoms with E-state index in [1.165, 1.54) is 48.9 Å². The Balaban J connectivity index is 1.92. The van der Waals surface area contributed by atoms with Crippen LogP contribution in [0.25, 0.3) is 0 Å². The Morgan fingerprint density at radius 1 is 1.17 bits per heavy atom. The van der Waals surface area contributed by atoms with Gasteiger partial charge in [-0.15, -0.1) is 11.3 Å². The fourth-order valence-corrected chi connectivity index (χ4v) is 4.16. The SMILES string of the molecule is COc1ccc(NS(=O)(=O)c2cc([N+](=O)[O-])ccc2N/N=C\c2cccs2)cc1. The molecule has 29 heavy (non-hydrogen) atoms. The molecule has 0 saturated carbocycles. The number of nitro benzene ring substituents is 1. The Bertz CT molecular complexity index is 1130. The Morgan fingerprint density at radius 2 is 1.93 bits per heavy atom. The van der Waals surface area contributed by atoms with E-state index >= 15 is 0 Å². The highest BCUT2D eigenvalue weighted by Crippen LogP contribution is 2.28. The van der Waals surface area contributed by atoms with Crippen LogP contribution in [0, 0.1) is 10.1 Å². The normalized spacial score (nSPS) is 11.3. The molecule has 0 aliphatic rings. The molecule has 3 rings (SSSR count). The van der Waals surface area contributed by atoms with E-state index in [-0.39, 0.29) is 22.0 Å². The van der Waals surface area contributed by atoms with Gasteiger partial charge in [-0.3, -0.25) is 20.3 Å². The standard InChI is InChI=1S/C18H16N4O5S2/c1-27-15-7-4-13(5-8-15)21-29(25,26)18-11-14(22(23)24)6-9-17(18)20-19-12-16-3-2-10-28-16/h2-12,20-21H,1H3/b19-12-. The minimum Gasteiger partial charge on any atom is -0.497 e. The molecule has 11 heteroatoms. The maximum absolute atomic E-state index is 12.9. The molecular formula is C18H16N4O5S2. The summed E-state index contributed by atoms with van der Waals surface area (Å²) < 4.78 is 33.2. The van der Waals surface area contributed by atoms with Gasteiger partial charge in [-0.05, 0) is 41.8 Å². The summed E-state index contributed by atoms with van der Waals surface area (Å²) >= 11 is 1.46. The number of nitrogens with one attached hydrogen (secondary N) is 2. The fraction of sp³-hybridized carbons (Fsp3) is 0.0556. The van der Waals surface area contributed by atoms with Crippen molar-refractivity contribution >= 4 is 44.6 Å². The second-order valence-corrected chi connectivity index (χ2v) is 8.29. The van der Waals surface area contributed by atoms with Crippen LogP contribution >= 0.6 is 11.3 Å². The summed E-state index contributed by atoms with van der Waals surface area (Å²) in [5, 5.41) is 17.0. The lowest BCUT2D eigenvalue weighted by Crippen LogP contribution is -2.15. The molecule has 0 radical (unpaired) electrons. The first kappa shape index (κ1) is 20.3. The maximum atomic E-state index is 12.9. The van der Waals surface area contributed by atoms with E-state index in [9.17, 15) is 18.5 Å². The number of hydrogen-bond donors (Lipinski definition) is 2. The Hall–Kier alpha value is -3.44. The molecule has 0 unspecified atom stereocenters. The van der Waals surface area contributed by atoms with Crippen molar-refractivity contribution < 1.29 is 18.1 Å². The second-order valence-electron chi connectivity index (χ2n) is 5.66. The molecule has 150 valence electrons. The molecule has 0 aliphatic carbocycles. The van der Waals surface area contributed by atoms with Crippen molar-refractivity contribution in [3.8, 4) is 5.75 Å². The largest absolute Gasteiger partial charge is 0.497 e. The number of ether oxygens (including phenoxy) is 1. The van der Waals surface area contributed by atoms with E-state index in [0.29, 0.717) is 5.75 Å². The van der Waals surface area contributed by atoms with E-state index in [2.05, 4.69) is 15.2 Å². The number of sulfonamides is 1. The van der Waals surface area contributed by atoms with Crippen LogP contribution in [0.5, 0.6) is 5.75 Å². The average molecular weight is 432 g/mol. The topological polar surface area (TPSA) is 123 Å². The number of rotatable bonds is 8. The third-order valence-electron chi connectivity index (χ3n) is 3.73. The van der Waals surface area contributed by atoms with Gasteiger partial charge in [-0.2, -0.15) is 5.10 Å². The molecule has 0 amide bonds. The molecule has 0 atom stereocenters. The van der Waals surface area contributed by atoms with E-state index in [0.717, 1.165) is 10.9 Å². The van der Waals surface area contributed by atoms with Crippen LogP contribution < -0.4 is 14.9 Å². The zero-order chi connectivity index (χ0) is 20.9. The predicted octanol–water partition coefficient (Wildman–Crippen LogP) is 3.91. The van der Waals surface area contributed by atoms with E-state index in [1.54, 1.807) is 12.1 Å². The van der Waals surface area contributed by atoms with Crippen LogP contribution in [-0.4, -0.2) is 26.7 Å². The lowest BCUT2D eigenvalue weighted by Gasteiger charge is -2.12. The van der Waals surface area contributed by atoms with E-state index < -0.39 is 14.9 Å². The summed E-state index contributed by atoms with van der Waals surface area (Å²) in [5.41, 5.74) is 2.67. The lowest BCUT2D eigenvalue weighted by molar-refractivity contribution is -0.385. The first-order chi connectivity index (χ1) is 13.9. The summed E-state index contributed by atoms with van der Waals surface area (Å²) in [7, 11) is -2.64. The lowest BCUT2D eigenvalue weighted by atomic mass is 10.3. The van der Waals surface area contributed by atoms with Crippen LogP contribution in [0.3, 0.4) is 0 Å². The second kappa shape index (κ2) is 8.71. The molecule has 3 aromatic rings. The van der Waals surface area contributed by atoms with E-state index in [1.807, 2.05) is 17.5 Å². The molecule has 0 fully saturated rings. The molecule has 1 aromatic heterocycles. The summed E-state index contributed by atoms with van der Waals surface area (Å²) in [6.45, 7) is 0. The third kappa shape index (κ3) is 5.09. The molecule has 2 N–H and O–H groups in total. The van der Waals surface area contributed by atoms with Gasteiger partial charge < -0.3 is 4.74 Å². The van der Waals surface area contributed by atoms with Gasteiger partial charge in [-0.1, -0.05) is 6.07 Å². The van der Waals surface area contributed by atoms with Crippen molar-refractivity contribution in [2.45, 2.75) is 4.90 Å².